The Hall–Kier alpha value is -2.57. The summed E-state index contributed by atoms with van der Waals surface area (Å²) in [4.78, 5) is 23.0. The van der Waals surface area contributed by atoms with Crippen molar-refractivity contribution < 1.29 is 23.1 Å². The molecule has 0 aromatic heterocycles. The summed E-state index contributed by atoms with van der Waals surface area (Å²) in [6, 6.07) is 7.43. The lowest BCUT2D eigenvalue weighted by atomic mass is 10.2. The van der Waals surface area contributed by atoms with Crippen LogP contribution in [-0.2, 0) is 14.3 Å². The molecule has 0 spiro atoms. The average Bonchev–Trinajstić information content (AvgIpc) is 2.51. The van der Waals surface area contributed by atoms with Gasteiger partial charge in [-0.05, 0) is 19.4 Å². The van der Waals surface area contributed by atoms with Gasteiger partial charge in [-0.25, -0.2) is 13.6 Å². The maximum absolute atomic E-state index is 12.6. The van der Waals surface area contributed by atoms with Gasteiger partial charge >= 0.3 is 12.4 Å². The molecule has 0 aliphatic rings. The topological polar surface area (TPSA) is 59.0 Å². The Morgan fingerprint density at radius 1 is 1.30 bits per heavy atom. The number of carbonyl (C=O) groups is 2. The summed E-state index contributed by atoms with van der Waals surface area (Å²) in [6.07, 6.45) is -0.886. The Morgan fingerprint density at radius 3 is 2.43 bits per heavy atom. The molecule has 1 rings (SSSR count). The molecule has 0 amide bonds. The first-order chi connectivity index (χ1) is 10.8. The maximum atomic E-state index is 12.6. The molecule has 0 unspecified atom stereocenters. The fraction of sp³-hybridized carbons (Fsp3) is 0.312. The molecule has 0 heterocycles. The summed E-state index contributed by atoms with van der Waals surface area (Å²) in [5.41, 5.74) is 1.13. The number of ketones is 1. The van der Waals surface area contributed by atoms with Crippen molar-refractivity contribution in [3.05, 3.63) is 47.2 Å². The molecule has 7 heteroatoms. The van der Waals surface area contributed by atoms with E-state index in [-0.39, 0.29) is 6.61 Å². The minimum atomic E-state index is -3.29. The number of hydrazone groups is 1. The summed E-state index contributed by atoms with van der Waals surface area (Å²) in [6.45, 7) is 3.43. The third-order valence-corrected chi connectivity index (χ3v) is 2.74. The van der Waals surface area contributed by atoms with Crippen LogP contribution in [0.15, 0.2) is 41.1 Å². The summed E-state index contributed by atoms with van der Waals surface area (Å²) < 4.78 is 29.7. The fourth-order valence-electron chi connectivity index (χ4n) is 1.57. The molecule has 0 saturated carbocycles. The molecule has 124 valence electrons. The van der Waals surface area contributed by atoms with E-state index in [4.69, 9.17) is 0 Å². The molecule has 0 bridgehead atoms. The molecule has 0 radical (unpaired) electrons. The number of hydrogen-bond acceptors (Lipinski definition) is 5. The van der Waals surface area contributed by atoms with Crippen LogP contribution in [0.4, 0.5) is 8.78 Å². The Bertz CT molecular complexity index is 610. The lowest BCUT2D eigenvalue weighted by Crippen LogP contribution is -2.23. The van der Waals surface area contributed by atoms with Crippen molar-refractivity contribution in [2.24, 2.45) is 5.10 Å². The number of benzene rings is 1. The summed E-state index contributed by atoms with van der Waals surface area (Å²) in [5.74, 6) is -2.70. The van der Waals surface area contributed by atoms with Gasteiger partial charge in [0.25, 0.3) is 0 Å². The number of Topliss-reactive ketones (excluding diaryl/α,β-unsaturated/α-hetero) is 1. The van der Waals surface area contributed by atoms with Crippen LogP contribution in [0.1, 0.15) is 18.1 Å². The molecule has 1 aromatic carbocycles. The largest absolute Gasteiger partial charge is 0.462 e. The Labute approximate surface area is 133 Å². The SMILES string of the molecule is CCOC(=O)/C(=C\N(C)/N=C/c1ccc(C)cc1)C(=O)C(F)F. The van der Waals surface area contributed by atoms with E-state index in [9.17, 15) is 18.4 Å². The minimum absolute atomic E-state index is 0.0248. The zero-order chi connectivity index (χ0) is 17.4. The number of ether oxygens (including phenoxy) is 1. The summed E-state index contributed by atoms with van der Waals surface area (Å²) >= 11 is 0. The highest BCUT2D eigenvalue weighted by Crippen LogP contribution is 2.09. The van der Waals surface area contributed by atoms with Gasteiger partial charge in [-0.2, -0.15) is 5.10 Å². The van der Waals surface area contributed by atoms with Crippen molar-refractivity contribution in [3.8, 4) is 0 Å². The zero-order valence-corrected chi connectivity index (χ0v) is 13.1. The Kier molecular flexibility index (Phi) is 7.05. The van der Waals surface area contributed by atoms with Crippen LogP contribution in [0.2, 0.25) is 0 Å². The van der Waals surface area contributed by atoms with Gasteiger partial charge in [0.1, 0.15) is 5.57 Å². The molecule has 0 N–H and O–H groups in total. The molecule has 1 aromatic rings. The van der Waals surface area contributed by atoms with Gasteiger partial charge < -0.3 is 4.74 Å². The van der Waals surface area contributed by atoms with E-state index in [1.165, 1.54) is 20.2 Å². The number of halogens is 2. The smallest absolute Gasteiger partial charge is 0.343 e. The van der Waals surface area contributed by atoms with Crippen LogP contribution in [0.3, 0.4) is 0 Å². The van der Waals surface area contributed by atoms with E-state index in [1.54, 1.807) is 0 Å². The number of nitrogens with zero attached hydrogens (tertiary/aromatic N) is 2. The van der Waals surface area contributed by atoms with Crippen molar-refractivity contribution in [1.82, 2.24) is 5.01 Å². The van der Waals surface area contributed by atoms with Gasteiger partial charge in [0.2, 0.25) is 5.78 Å². The van der Waals surface area contributed by atoms with Crippen LogP contribution >= 0.6 is 0 Å². The van der Waals surface area contributed by atoms with Gasteiger partial charge in [-0.15, -0.1) is 0 Å². The number of alkyl halides is 2. The molecule has 0 aliphatic carbocycles. The lowest BCUT2D eigenvalue weighted by molar-refractivity contribution is -0.141. The zero-order valence-electron chi connectivity index (χ0n) is 13.1. The van der Waals surface area contributed by atoms with E-state index < -0.39 is 23.8 Å². The second-order valence-corrected chi connectivity index (χ2v) is 4.66. The number of aryl methyl sites for hydroxylation is 1. The van der Waals surface area contributed by atoms with Crippen molar-refractivity contribution in [2.75, 3.05) is 13.7 Å². The Balaban J connectivity index is 2.93. The van der Waals surface area contributed by atoms with Crippen molar-refractivity contribution in [2.45, 2.75) is 20.3 Å². The number of esters is 1. The number of carbonyl (C=O) groups excluding carboxylic acids is 2. The monoisotopic (exact) mass is 324 g/mol. The van der Waals surface area contributed by atoms with Gasteiger partial charge in [0, 0.05) is 13.2 Å². The first-order valence-electron chi connectivity index (χ1n) is 6.90. The van der Waals surface area contributed by atoms with Crippen LogP contribution in [0.5, 0.6) is 0 Å². The van der Waals surface area contributed by atoms with E-state index in [0.29, 0.717) is 0 Å². The first kappa shape index (κ1) is 18.5. The lowest BCUT2D eigenvalue weighted by Gasteiger charge is -2.10. The highest BCUT2D eigenvalue weighted by Gasteiger charge is 2.27. The molecule has 0 atom stereocenters. The molecular formula is C16H18F2N2O3. The summed E-state index contributed by atoms with van der Waals surface area (Å²) in [7, 11) is 1.42. The van der Waals surface area contributed by atoms with Gasteiger partial charge in [0.05, 0.1) is 12.8 Å². The summed E-state index contributed by atoms with van der Waals surface area (Å²) in [5, 5.41) is 5.08. The quantitative estimate of drug-likeness (QED) is 0.193. The van der Waals surface area contributed by atoms with E-state index >= 15 is 0 Å². The Morgan fingerprint density at radius 2 is 1.91 bits per heavy atom. The fourth-order valence-corrected chi connectivity index (χ4v) is 1.57. The number of hydrogen-bond donors (Lipinski definition) is 0. The van der Waals surface area contributed by atoms with Gasteiger partial charge in [-0.3, -0.25) is 9.80 Å². The first-order valence-corrected chi connectivity index (χ1v) is 6.90. The highest BCUT2D eigenvalue weighted by molar-refractivity contribution is 6.18. The van der Waals surface area contributed by atoms with E-state index in [1.807, 2.05) is 31.2 Å². The van der Waals surface area contributed by atoms with Crippen molar-refractivity contribution >= 4 is 18.0 Å². The standard InChI is InChI=1S/C16H18F2N2O3/c1-4-23-16(22)13(14(21)15(17)18)10-20(3)19-9-12-7-5-11(2)6-8-12/h5-10,15H,4H2,1-3H3/b13-10-,19-9+. The molecule has 0 aliphatic heterocycles. The highest BCUT2D eigenvalue weighted by atomic mass is 19.3. The third kappa shape index (κ3) is 5.98. The van der Waals surface area contributed by atoms with Crippen molar-refractivity contribution in [3.63, 3.8) is 0 Å². The van der Waals surface area contributed by atoms with Crippen LogP contribution in [0.25, 0.3) is 0 Å². The molecule has 0 saturated heterocycles. The van der Waals surface area contributed by atoms with E-state index in [2.05, 4.69) is 9.84 Å². The third-order valence-electron chi connectivity index (χ3n) is 2.74. The minimum Gasteiger partial charge on any atom is -0.462 e. The normalized spacial score (nSPS) is 11.8. The molecule has 0 fully saturated rings. The van der Waals surface area contributed by atoms with E-state index in [0.717, 1.165) is 22.3 Å². The van der Waals surface area contributed by atoms with Crippen LogP contribution in [0, 0.1) is 6.92 Å². The van der Waals surface area contributed by atoms with Crippen LogP contribution in [-0.4, -0.2) is 43.1 Å². The second-order valence-electron chi connectivity index (χ2n) is 4.66. The van der Waals surface area contributed by atoms with Crippen LogP contribution < -0.4 is 0 Å². The maximum Gasteiger partial charge on any atom is 0.343 e. The number of rotatable bonds is 7. The van der Waals surface area contributed by atoms with Gasteiger partial charge in [-0.1, -0.05) is 29.8 Å². The average molecular weight is 324 g/mol. The predicted octanol–water partition coefficient (Wildman–Crippen LogP) is 2.54. The molecule has 5 nitrogen and oxygen atoms in total. The second kappa shape index (κ2) is 8.77. The van der Waals surface area contributed by atoms with Gasteiger partial charge in [0.15, 0.2) is 0 Å². The molecule has 23 heavy (non-hydrogen) atoms. The van der Waals surface area contributed by atoms with Crippen molar-refractivity contribution in [1.29, 1.82) is 0 Å². The predicted molar refractivity (Wildman–Crippen MR) is 82.3 cm³/mol. The molecular weight excluding hydrogens is 306 g/mol.